The number of rotatable bonds is 9. The number of alkyl halides is 1. The maximum Gasteiger partial charge on any atom is 0.213 e. The highest BCUT2D eigenvalue weighted by Crippen LogP contribution is 2.12. The molecule has 20 heavy (non-hydrogen) atoms. The van der Waals surface area contributed by atoms with E-state index in [1.807, 2.05) is 0 Å². The predicted molar refractivity (Wildman–Crippen MR) is 78.3 cm³/mol. The van der Waals surface area contributed by atoms with E-state index in [4.69, 9.17) is 16.3 Å². The number of nitrogens with zero attached hydrogens (tertiary/aromatic N) is 1. The van der Waals surface area contributed by atoms with Crippen LogP contribution in [0, 0.1) is 5.82 Å². The summed E-state index contributed by atoms with van der Waals surface area (Å²) in [4.78, 5) is 0. The lowest BCUT2D eigenvalue weighted by atomic mass is 10.3. The Morgan fingerprint density at radius 2 is 2.10 bits per heavy atom. The smallest absolute Gasteiger partial charge is 0.213 e. The van der Waals surface area contributed by atoms with Crippen LogP contribution in [0.1, 0.15) is 12.8 Å². The summed E-state index contributed by atoms with van der Waals surface area (Å²) >= 11 is 5.52. The van der Waals surface area contributed by atoms with Crippen molar-refractivity contribution in [3.05, 3.63) is 30.1 Å². The van der Waals surface area contributed by atoms with Gasteiger partial charge in [0.1, 0.15) is 18.2 Å². The zero-order valence-electron chi connectivity index (χ0n) is 11.4. The Morgan fingerprint density at radius 1 is 1.35 bits per heavy atom. The average Bonchev–Trinajstić information content (AvgIpc) is 2.39. The van der Waals surface area contributed by atoms with Crippen LogP contribution in [-0.4, -0.2) is 44.6 Å². The number of ether oxygens (including phenoxy) is 1. The van der Waals surface area contributed by atoms with E-state index in [-0.39, 0.29) is 24.7 Å². The maximum atomic E-state index is 12.9. The first kappa shape index (κ1) is 17.2. The predicted octanol–water partition coefficient (Wildman–Crippen LogP) is 2.49. The van der Waals surface area contributed by atoms with E-state index in [1.54, 1.807) is 6.07 Å². The van der Waals surface area contributed by atoms with Crippen LogP contribution in [0.4, 0.5) is 4.39 Å². The van der Waals surface area contributed by atoms with Gasteiger partial charge in [-0.25, -0.2) is 17.1 Å². The first-order valence-electron chi connectivity index (χ1n) is 6.34. The molecule has 0 saturated carbocycles. The number of likely N-dealkylation sites (N-methyl/N-ethyl adjacent to an activating group) is 1. The van der Waals surface area contributed by atoms with E-state index in [1.165, 1.54) is 29.6 Å². The van der Waals surface area contributed by atoms with E-state index in [2.05, 4.69) is 0 Å². The number of unbranched alkanes of at least 4 members (excludes halogenated alkanes) is 1. The van der Waals surface area contributed by atoms with Crippen molar-refractivity contribution in [1.29, 1.82) is 0 Å². The molecular formula is C13H19ClFNO3S. The van der Waals surface area contributed by atoms with Gasteiger partial charge in [-0.15, -0.1) is 11.6 Å². The molecule has 0 aliphatic carbocycles. The molecule has 0 aromatic heterocycles. The molecule has 1 aromatic rings. The maximum absolute atomic E-state index is 12.9. The first-order valence-corrected chi connectivity index (χ1v) is 8.48. The normalized spacial score (nSPS) is 11.8. The molecule has 7 heteroatoms. The summed E-state index contributed by atoms with van der Waals surface area (Å²) in [5, 5.41) is 0. The van der Waals surface area contributed by atoms with Crippen LogP contribution in [0.3, 0.4) is 0 Å². The Hall–Kier alpha value is -0.850. The standard InChI is InChI=1S/C13H19ClFNO3S/c1-16(20(17,18)10-3-2-7-14)8-9-19-13-6-4-5-12(15)11-13/h4-6,11H,2-3,7-10H2,1H3. The summed E-state index contributed by atoms with van der Waals surface area (Å²) in [6, 6.07) is 5.74. The number of hydrogen-bond donors (Lipinski definition) is 0. The third kappa shape index (κ3) is 6.07. The number of hydrogen-bond acceptors (Lipinski definition) is 3. The van der Waals surface area contributed by atoms with Crippen LogP contribution in [0.5, 0.6) is 5.75 Å². The first-order chi connectivity index (χ1) is 9.45. The van der Waals surface area contributed by atoms with Gasteiger partial charge in [-0.3, -0.25) is 0 Å². The van der Waals surface area contributed by atoms with Crippen molar-refractivity contribution in [3.63, 3.8) is 0 Å². The lowest BCUT2D eigenvalue weighted by Gasteiger charge is -2.17. The van der Waals surface area contributed by atoms with Crippen molar-refractivity contribution in [2.45, 2.75) is 12.8 Å². The van der Waals surface area contributed by atoms with Gasteiger partial charge in [0, 0.05) is 25.5 Å². The second-order valence-electron chi connectivity index (χ2n) is 4.34. The quantitative estimate of drug-likeness (QED) is 0.518. The molecule has 1 aromatic carbocycles. The van der Waals surface area contributed by atoms with Crippen molar-refractivity contribution in [3.8, 4) is 5.75 Å². The fourth-order valence-corrected chi connectivity index (χ4v) is 2.94. The highest BCUT2D eigenvalue weighted by Gasteiger charge is 2.16. The summed E-state index contributed by atoms with van der Waals surface area (Å²) in [6.07, 6.45) is 1.22. The molecule has 0 atom stereocenters. The van der Waals surface area contributed by atoms with E-state index in [0.29, 0.717) is 24.5 Å². The largest absolute Gasteiger partial charge is 0.492 e. The van der Waals surface area contributed by atoms with Gasteiger partial charge < -0.3 is 4.74 Å². The average molecular weight is 324 g/mol. The van der Waals surface area contributed by atoms with Gasteiger partial charge in [0.25, 0.3) is 0 Å². The zero-order valence-corrected chi connectivity index (χ0v) is 13.0. The number of benzene rings is 1. The Bertz CT molecular complexity index is 510. The third-order valence-electron chi connectivity index (χ3n) is 2.73. The molecule has 0 unspecified atom stereocenters. The Kier molecular flexibility index (Phi) is 7.26. The van der Waals surface area contributed by atoms with Gasteiger partial charge in [0.2, 0.25) is 10.0 Å². The van der Waals surface area contributed by atoms with Gasteiger partial charge in [-0.2, -0.15) is 0 Å². The number of halogens is 2. The highest BCUT2D eigenvalue weighted by molar-refractivity contribution is 7.89. The Labute approximate surface area is 124 Å². The minimum atomic E-state index is -3.27. The topological polar surface area (TPSA) is 46.6 Å². The molecule has 0 heterocycles. The molecule has 114 valence electrons. The molecular weight excluding hydrogens is 305 g/mol. The summed E-state index contributed by atoms with van der Waals surface area (Å²) < 4.78 is 43.2. The molecule has 0 aliphatic rings. The van der Waals surface area contributed by atoms with E-state index >= 15 is 0 Å². The molecule has 0 radical (unpaired) electrons. The Balaban J connectivity index is 2.37. The number of sulfonamides is 1. The Morgan fingerprint density at radius 3 is 2.75 bits per heavy atom. The van der Waals surface area contributed by atoms with E-state index in [9.17, 15) is 12.8 Å². The van der Waals surface area contributed by atoms with Crippen molar-refractivity contribution < 1.29 is 17.5 Å². The molecule has 0 N–H and O–H groups in total. The third-order valence-corrected chi connectivity index (χ3v) is 4.94. The van der Waals surface area contributed by atoms with Gasteiger partial charge in [-0.05, 0) is 25.0 Å². The molecule has 1 rings (SSSR count). The minimum absolute atomic E-state index is 0.0795. The van der Waals surface area contributed by atoms with Crippen molar-refractivity contribution in [2.75, 3.05) is 31.8 Å². The van der Waals surface area contributed by atoms with Gasteiger partial charge in [0.05, 0.1) is 5.75 Å². The molecule has 4 nitrogen and oxygen atoms in total. The van der Waals surface area contributed by atoms with E-state index in [0.717, 1.165) is 0 Å². The molecule has 0 bridgehead atoms. The monoisotopic (exact) mass is 323 g/mol. The van der Waals surface area contributed by atoms with Crippen molar-refractivity contribution in [2.24, 2.45) is 0 Å². The van der Waals surface area contributed by atoms with Crippen LogP contribution in [-0.2, 0) is 10.0 Å². The van der Waals surface area contributed by atoms with Gasteiger partial charge in [0.15, 0.2) is 0 Å². The van der Waals surface area contributed by atoms with Crippen LogP contribution in [0.15, 0.2) is 24.3 Å². The fraction of sp³-hybridized carbons (Fsp3) is 0.538. The zero-order chi connectivity index (χ0) is 15.0. The molecule has 0 fully saturated rings. The van der Waals surface area contributed by atoms with Crippen LogP contribution in [0.2, 0.25) is 0 Å². The molecule has 0 amide bonds. The van der Waals surface area contributed by atoms with E-state index < -0.39 is 10.0 Å². The molecule has 0 spiro atoms. The summed E-state index contributed by atoms with van der Waals surface area (Å²) in [6.45, 7) is 0.397. The van der Waals surface area contributed by atoms with Crippen LogP contribution in [0.25, 0.3) is 0 Å². The van der Waals surface area contributed by atoms with Crippen LogP contribution < -0.4 is 4.74 Å². The minimum Gasteiger partial charge on any atom is -0.492 e. The second kappa shape index (κ2) is 8.44. The molecule has 0 saturated heterocycles. The highest BCUT2D eigenvalue weighted by atomic mass is 35.5. The summed E-state index contributed by atoms with van der Waals surface area (Å²) in [5.74, 6) is 0.542. The molecule has 0 aliphatic heterocycles. The summed E-state index contributed by atoms with van der Waals surface area (Å²) in [5.41, 5.74) is 0. The van der Waals surface area contributed by atoms with Crippen molar-refractivity contribution in [1.82, 2.24) is 4.31 Å². The van der Waals surface area contributed by atoms with Gasteiger partial charge >= 0.3 is 0 Å². The second-order valence-corrected chi connectivity index (χ2v) is 6.91. The van der Waals surface area contributed by atoms with Crippen molar-refractivity contribution >= 4 is 21.6 Å². The van der Waals surface area contributed by atoms with Crippen LogP contribution >= 0.6 is 11.6 Å². The summed E-state index contributed by atoms with van der Waals surface area (Å²) in [7, 11) is -1.77. The lowest BCUT2D eigenvalue weighted by Crippen LogP contribution is -2.32. The van der Waals surface area contributed by atoms with Gasteiger partial charge in [-0.1, -0.05) is 6.07 Å². The fourth-order valence-electron chi connectivity index (χ4n) is 1.52. The lowest BCUT2D eigenvalue weighted by molar-refractivity contribution is 0.285. The SMILES string of the molecule is CN(CCOc1cccc(F)c1)S(=O)(=O)CCCCCl.